The molecule has 0 aliphatic heterocycles. The monoisotopic (exact) mass is 588 g/mol. The zero-order chi connectivity index (χ0) is 30.5. The molecule has 1 aliphatic carbocycles. The first-order chi connectivity index (χ1) is 20.7. The molecule has 0 radical (unpaired) electrons. The number of halogens is 1. The summed E-state index contributed by atoms with van der Waals surface area (Å²) >= 11 is 0. The molecular formula is C30H29FN6O6. The second-order valence-corrected chi connectivity index (χ2v) is 10.5. The van der Waals surface area contributed by atoms with E-state index in [4.69, 9.17) is 9.26 Å². The zero-order valence-electron chi connectivity index (χ0n) is 23.5. The van der Waals surface area contributed by atoms with Gasteiger partial charge in [0, 0.05) is 11.5 Å². The molecule has 0 spiro atoms. The van der Waals surface area contributed by atoms with Crippen molar-refractivity contribution in [3.05, 3.63) is 94.2 Å². The molecule has 13 heteroatoms. The van der Waals surface area contributed by atoms with E-state index < -0.39 is 41.7 Å². The summed E-state index contributed by atoms with van der Waals surface area (Å²) in [6.45, 7) is 2.84. The average Bonchev–Trinajstić information content (AvgIpc) is 3.73. The van der Waals surface area contributed by atoms with Gasteiger partial charge < -0.3 is 14.6 Å². The minimum absolute atomic E-state index is 0.0266. The largest absolute Gasteiger partial charge is 0.444 e. The Kier molecular flexibility index (Phi) is 8.69. The number of ether oxygens (including phenoxy) is 1. The molecule has 1 atom stereocenters. The number of rotatable bonds is 11. The van der Waals surface area contributed by atoms with Crippen molar-refractivity contribution < 1.29 is 28.0 Å². The second kappa shape index (κ2) is 12.8. The molecule has 2 aromatic heterocycles. The topological polar surface area (TPSA) is 158 Å². The van der Waals surface area contributed by atoms with E-state index in [1.807, 2.05) is 6.07 Å². The van der Waals surface area contributed by atoms with Crippen molar-refractivity contribution >= 4 is 23.5 Å². The van der Waals surface area contributed by atoms with Crippen LogP contribution in [0.3, 0.4) is 0 Å². The van der Waals surface area contributed by atoms with Gasteiger partial charge in [0.05, 0.1) is 12.2 Å². The molecule has 1 aliphatic rings. The van der Waals surface area contributed by atoms with Crippen LogP contribution in [0, 0.1) is 11.7 Å². The lowest BCUT2D eigenvalue weighted by Crippen LogP contribution is -2.46. The number of ketones is 1. The van der Waals surface area contributed by atoms with E-state index in [2.05, 4.69) is 25.8 Å². The lowest BCUT2D eigenvalue weighted by Gasteiger charge is -2.20. The van der Waals surface area contributed by atoms with Crippen LogP contribution in [0.25, 0.3) is 11.4 Å². The predicted molar refractivity (Wildman–Crippen MR) is 152 cm³/mol. The maximum absolute atomic E-state index is 14.1. The first kappa shape index (κ1) is 29.3. The molecule has 2 heterocycles. The molecule has 2 aromatic carbocycles. The van der Waals surface area contributed by atoms with Gasteiger partial charge in [-0.15, -0.1) is 0 Å². The molecule has 0 bridgehead atoms. The van der Waals surface area contributed by atoms with E-state index in [1.54, 1.807) is 38.1 Å². The number of anilines is 1. The Balaban J connectivity index is 1.37. The molecule has 2 amide bonds. The molecule has 43 heavy (non-hydrogen) atoms. The third-order valence-electron chi connectivity index (χ3n) is 6.74. The minimum atomic E-state index is -1.03. The van der Waals surface area contributed by atoms with Crippen LogP contribution in [0.4, 0.5) is 14.9 Å². The summed E-state index contributed by atoms with van der Waals surface area (Å²) < 4.78 is 25.4. The number of benzene rings is 2. The van der Waals surface area contributed by atoms with Gasteiger partial charge >= 0.3 is 6.09 Å². The fourth-order valence-corrected chi connectivity index (χ4v) is 4.32. The van der Waals surface area contributed by atoms with Crippen molar-refractivity contribution in [3.8, 4) is 11.4 Å². The lowest BCUT2D eigenvalue weighted by atomic mass is 9.99. The van der Waals surface area contributed by atoms with Crippen LogP contribution in [0.5, 0.6) is 0 Å². The Morgan fingerprint density at radius 3 is 2.58 bits per heavy atom. The second-order valence-electron chi connectivity index (χ2n) is 10.5. The quantitative estimate of drug-likeness (QED) is 0.246. The minimum Gasteiger partial charge on any atom is -0.444 e. The van der Waals surface area contributed by atoms with Crippen LogP contribution in [0.1, 0.15) is 54.7 Å². The number of aromatic nitrogens is 4. The molecule has 0 saturated heterocycles. The van der Waals surface area contributed by atoms with Crippen molar-refractivity contribution in [2.45, 2.75) is 51.8 Å². The normalized spacial score (nSPS) is 13.4. The van der Waals surface area contributed by atoms with Gasteiger partial charge in [-0.1, -0.05) is 61.5 Å². The van der Waals surface area contributed by atoms with Crippen LogP contribution >= 0.6 is 0 Å². The van der Waals surface area contributed by atoms with Gasteiger partial charge in [-0.25, -0.2) is 14.2 Å². The van der Waals surface area contributed by atoms with Crippen molar-refractivity contribution in [3.63, 3.8) is 0 Å². The van der Waals surface area contributed by atoms with Gasteiger partial charge in [0.25, 0.3) is 11.4 Å². The molecule has 222 valence electrons. The molecular weight excluding hydrogens is 559 g/mol. The molecule has 1 fully saturated rings. The fraction of sp³-hybridized carbons (Fsp3) is 0.300. The highest BCUT2D eigenvalue weighted by molar-refractivity contribution is 5.98. The summed E-state index contributed by atoms with van der Waals surface area (Å²) in [6.07, 6.45) is 2.04. The van der Waals surface area contributed by atoms with Gasteiger partial charge in [-0.3, -0.25) is 24.3 Å². The Hall–Kier alpha value is -5.20. The highest BCUT2D eigenvalue weighted by Crippen LogP contribution is 2.38. The predicted octanol–water partition coefficient (Wildman–Crippen LogP) is 4.08. The van der Waals surface area contributed by atoms with Crippen LogP contribution in [0.15, 0.2) is 70.1 Å². The molecule has 1 unspecified atom stereocenters. The maximum Gasteiger partial charge on any atom is 0.412 e. The number of Topliss-reactive ketones (excluding diaryl/α,β-unsaturated/α-hetero) is 1. The fourth-order valence-electron chi connectivity index (χ4n) is 4.32. The van der Waals surface area contributed by atoms with E-state index in [1.165, 1.54) is 18.2 Å². The number of nitrogens with one attached hydrogen (secondary N) is 2. The van der Waals surface area contributed by atoms with Crippen LogP contribution < -0.4 is 16.2 Å². The number of nitrogens with zero attached hydrogens (tertiary/aromatic N) is 4. The van der Waals surface area contributed by atoms with Crippen LogP contribution in [-0.4, -0.2) is 43.5 Å². The van der Waals surface area contributed by atoms with E-state index in [0.717, 1.165) is 35.2 Å². The van der Waals surface area contributed by atoms with E-state index in [0.29, 0.717) is 5.82 Å². The van der Waals surface area contributed by atoms with Crippen molar-refractivity contribution in [2.75, 3.05) is 5.32 Å². The number of carbonyl (C=O) groups excluding carboxylic acids is 3. The highest BCUT2D eigenvalue weighted by atomic mass is 19.1. The van der Waals surface area contributed by atoms with Gasteiger partial charge in [0.15, 0.2) is 5.82 Å². The Morgan fingerprint density at radius 1 is 1.12 bits per heavy atom. The zero-order valence-corrected chi connectivity index (χ0v) is 23.5. The summed E-state index contributed by atoms with van der Waals surface area (Å²) in [7, 11) is 0. The van der Waals surface area contributed by atoms with Gasteiger partial charge in [-0.05, 0) is 36.5 Å². The Bertz CT molecular complexity index is 1700. The first-order valence-electron chi connectivity index (χ1n) is 13.7. The third kappa shape index (κ3) is 7.18. The summed E-state index contributed by atoms with van der Waals surface area (Å²) in [6, 6.07) is 13.3. The number of carbonyl (C=O) groups is 3. The van der Waals surface area contributed by atoms with Gasteiger partial charge in [0.1, 0.15) is 30.5 Å². The van der Waals surface area contributed by atoms with E-state index in [-0.39, 0.29) is 41.4 Å². The highest BCUT2D eigenvalue weighted by Gasteiger charge is 2.34. The molecule has 12 nitrogen and oxygen atoms in total. The third-order valence-corrected chi connectivity index (χ3v) is 6.74. The van der Waals surface area contributed by atoms with Gasteiger partial charge in [-0.2, -0.15) is 4.98 Å². The maximum atomic E-state index is 14.1. The van der Waals surface area contributed by atoms with Crippen LogP contribution in [0.2, 0.25) is 0 Å². The lowest BCUT2D eigenvalue weighted by molar-refractivity contribution is -0.122. The SMILES string of the molecule is CC(C)C(NC(=O)Cn1c(-c2cccc(F)c2)ncc(NC(=O)OCc2ccccc2)c1=O)C(=O)c1nc(C2CC2)no1. The van der Waals surface area contributed by atoms with E-state index >= 15 is 0 Å². The number of hydrogen-bond donors (Lipinski definition) is 2. The van der Waals surface area contributed by atoms with E-state index in [9.17, 15) is 23.6 Å². The smallest absolute Gasteiger partial charge is 0.412 e. The summed E-state index contributed by atoms with van der Waals surface area (Å²) in [5.74, 6) is -1.81. The summed E-state index contributed by atoms with van der Waals surface area (Å²) in [4.78, 5) is 60.8. The van der Waals surface area contributed by atoms with Crippen molar-refractivity contribution in [1.29, 1.82) is 0 Å². The van der Waals surface area contributed by atoms with Crippen molar-refractivity contribution in [2.24, 2.45) is 5.92 Å². The Morgan fingerprint density at radius 2 is 1.88 bits per heavy atom. The Labute approximate surface area is 245 Å². The molecule has 5 rings (SSSR count). The number of hydrogen-bond acceptors (Lipinski definition) is 9. The summed E-state index contributed by atoms with van der Waals surface area (Å²) in [5, 5.41) is 8.86. The van der Waals surface area contributed by atoms with Crippen molar-refractivity contribution in [1.82, 2.24) is 25.0 Å². The number of amides is 2. The van der Waals surface area contributed by atoms with Gasteiger partial charge in [0.2, 0.25) is 11.7 Å². The molecule has 1 saturated carbocycles. The van der Waals surface area contributed by atoms with Crippen LogP contribution in [-0.2, 0) is 22.7 Å². The standard InChI is InChI=1S/C30H29FN6O6/c1-17(2)24(25(39)28-35-26(36-43-28)19-11-12-19)34-23(38)15-37-27(20-9-6-10-21(31)13-20)32-14-22(29(37)40)33-30(41)42-16-18-7-4-3-5-8-18/h3-10,13-14,17,19,24H,11-12,15-16H2,1-2H3,(H,33,41)(H,34,38). The molecule has 2 N–H and O–H groups in total. The molecule has 4 aromatic rings. The average molecular weight is 589 g/mol. The first-order valence-corrected chi connectivity index (χ1v) is 13.7. The summed E-state index contributed by atoms with van der Waals surface area (Å²) in [5.41, 5.74) is -0.0941.